The average Bonchev–Trinajstić information content (AvgIpc) is 3.55. The van der Waals surface area contributed by atoms with Gasteiger partial charge in [-0.1, -0.05) is 20.8 Å². The van der Waals surface area contributed by atoms with Crippen LogP contribution < -0.4 is 0 Å². The number of aromatic amines is 1. The molecule has 0 unspecified atom stereocenters. The van der Waals surface area contributed by atoms with Crippen molar-refractivity contribution in [3.63, 3.8) is 0 Å². The van der Waals surface area contributed by atoms with Gasteiger partial charge in [-0.2, -0.15) is 5.10 Å². The highest BCUT2D eigenvalue weighted by molar-refractivity contribution is 5.95. The van der Waals surface area contributed by atoms with E-state index >= 15 is 0 Å². The molecule has 0 spiro atoms. The van der Waals surface area contributed by atoms with Crippen LogP contribution in [-0.4, -0.2) is 71.4 Å². The molecule has 1 aromatic carbocycles. The number of piperazine rings is 1. The monoisotopic (exact) mass is 531 g/mol. The lowest BCUT2D eigenvalue weighted by molar-refractivity contribution is 0.0162. The first-order chi connectivity index (χ1) is 18.5. The standard InChI is InChI=1S/C29H34FN7O2/c1-7-22-25(32-16-31-22)28(39)35-10-11-36(29(5,6)15-35)27(38)24-14-37-26(33-24)20(17(2)3)13-23(34-37)19-8-9-21(30)18(4)12-19/h8-9,12-14,16-17H,7,10-11,15H2,1-6H3,(H,31,32). The molecular formula is C29H34FN7O2. The van der Waals surface area contributed by atoms with Crippen molar-refractivity contribution in [3.8, 4) is 11.3 Å². The Morgan fingerprint density at radius 2 is 1.92 bits per heavy atom. The summed E-state index contributed by atoms with van der Waals surface area (Å²) >= 11 is 0. The summed E-state index contributed by atoms with van der Waals surface area (Å²) in [4.78, 5) is 42.5. The van der Waals surface area contributed by atoms with E-state index in [4.69, 9.17) is 10.1 Å². The van der Waals surface area contributed by atoms with E-state index in [1.807, 2.05) is 26.8 Å². The van der Waals surface area contributed by atoms with Crippen LogP contribution in [0.4, 0.5) is 4.39 Å². The van der Waals surface area contributed by atoms with E-state index in [1.165, 1.54) is 6.07 Å². The normalized spacial score (nSPS) is 15.4. The Morgan fingerprint density at radius 1 is 1.15 bits per heavy atom. The number of nitrogens with one attached hydrogen (secondary N) is 1. The van der Waals surface area contributed by atoms with Crippen LogP contribution in [0.15, 0.2) is 36.8 Å². The lowest BCUT2D eigenvalue weighted by atomic mass is 9.97. The first-order valence-corrected chi connectivity index (χ1v) is 13.3. The van der Waals surface area contributed by atoms with Gasteiger partial charge in [0, 0.05) is 36.5 Å². The van der Waals surface area contributed by atoms with Crippen LogP contribution in [0, 0.1) is 12.7 Å². The minimum Gasteiger partial charge on any atom is -0.348 e. The predicted octanol–water partition coefficient (Wildman–Crippen LogP) is 4.63. The van der Waals surface area contributed by atoms with Crippen LogP contribution in [0.3, 0.4) is 0 Å². The fraction of sp³-hybridized carbons (Fsp3) is 0.414. The molecule has 9 nitrogen and oxygen atoms in total. The van der Waals surface area contributed by atoms with Crippen LogP contribution in [0.2, 0.25) is 0 Å². The minimum atomic E-state index is -0.616. The summed E-state index contributed by atoms with van der Waals surface area (Å²) in [7, 11) is 0. The minimum absolute atomic E-state index is 0.127. The van der Waals surface area contributed by atoms with Crippen LogP contribution in [0.5, 0.6) is 0 Å². The van der Waals surface area contributed by atoms with Gasteiger partial charge in [-0.3, -0.25) is 9.59 Å². The second-order valence-electron chi connectivity index (χ2n) is 11.1. The van der Waals surface area contributed by atoms with Crippen molar-refractivity contribution in [2.24, 2.45) is 0 Å². The third-order valence-corrected chi connectivity index (χ3v) is 7.46. The number of nitrogens with zero attached hydrogens (tertiary/aromatic N) is 6. The number of carbonyl (C=O) groups is 2. The molecule has 1 saturated heterocycles. The quantitative estimate of drug-likeness (QED) is 0.405. The second kappa shape index (κ2) is 9.91. The van der Waals surface area contributed by atoms with Gasteiger partial charge in [-0.05, 0) is 62.9 Å². The maximum atomic E-state index is 13.9. The van der Waals surface area contributed by atoms with E-state index in [0.717, 1.165) is 16.8 Å². The Kier molecular flexibility index (Phi) is 6.74. The highest BCUT2D eigenvalue weighted by atomic mass is 19.1. The molecule has 4 aromatic rings. The number of halogens is 1. The molecule has 39 heavy (non-hydrogen) atoms. The number of aromatic nitrogens is 5. The van der Waals surface area contributed by atoms with Crippen molar-refractivity contribution >= 4 is 17.5 Å². The highest BCUT2D eigenvalue weighted by Crippen LogP contribution is 2.29. The Hall–Kier alpha value is -4.08. The highest BCUT2D eigenvalue weighted by Gasteiger charge is 2.40. The lowest BCUT2D eigenvalue weighted by Gasteiger charge is -2.46. The molecule has 0 saturated carbocycles. The number of carbonyl (C=O) groups excluding carboxylic acids is 2. The van der Waals surface area contributed by atoms with Crippen molar-refractivity contribution in [2.75, 3.05) is 19.6 Å². The van der Waals surface area contributed by atoms with Gasteiger partial charge in [0.2, 0.25) is 0 Å². The van der Waals surface area contributed by atoms with E-state index in [9.17, 15) is 14.0 Å². The number of imidazole rings is 2. The fourth-order valence-electron chi connectivity index (χ4n) is 5.24. The van der Waals surface area contributed by atoms with Gasteiger partial charge in [-0.15, -0.1) is 0 Å². The number of benzene rings is 1. The Bertz CT molecular complexity index is 1570. The molecule has 2 amide bonds. The maximum absolute atomic E-state index is 13.9. The van der Waals surface area contributed by atoms with Crippen molar-refractivity contribution in [2.45, 2.75) is 59.4 Å². The number of fused-ring (bicyclic) bond motifs is 1. The van der Waals surface area contributed by atoms with Crippen molar-refractivity contribution in [3.05, 3.63) is 70.8 Å². The summed E-state index contributed by atoms with van der Waals surface area (Å²) in [5.41, 5.74) is 4.51. The molecule has 0 aliphatic carbocycles. The lowest BCUT2D eigenvalue weighted by Crippen LogP contribution is -2.62. The Morgan fingerprint density at radius 3 is 2.59 bits per heavy atom. The van der Waals surface area contributed by atoms with Crippen LogP contribution >= 0.6 is 0 Å². The smallest absolute Gasteiger partial charge is 0.274 e. The van der Waals surface area contributed by atoms with Gasteiger partial charge >= 0.3 is 0 Å². The van der Waals surface area contributed by atoms with Crippen LogP contribution in [0.1, 0.15) is 78.3 Å². The maximum Gasteiger partial charge on any atom is 0.274 e. The summed E-state index contributed by atoms with van der Waals surface area (Å²) in [5, 5.41) is 4.72. The van der Waals surface area contributed by atoms with E-state index < -0.39 is 5.54 Å². The summed E-state index contributed by atoms with van der Waals surface area (Å²) < 4.78 is 15.5. The summed E-state index contributed by atoms with van der Waals surface area (Å²) in [6.45, 7) is 12.9. The van der Waals surface area contributed by atoms with E-state index in [2.05, 4.69) is 23.8 Å². The van der Waals surface area contributed by atoms with Crippen LogP contribution in [0.25, 0.3) is 16.9 Å². The average molecular weight is 532 g/mol. The molecule has 1 aliphatic heterocycles. The summed E-state index contributed by atoms with van der Waals surface area (Å²) in [6.07, 6.45) is 3.89. The number of rotatable bonds is 5. The topological polar surface area (TPSA) is 99.5 Å². The predicted molar refractivity (Wildman–Crippen MR) is 146 cm³/mol. The van der Waals surface area contributed by atoms with Crippen LogP contribution in [-0.2, 0) is 6.42 Å². The molecule has 5 rings (SSSR count). The van der Waals surface area contributed by atoms with Gasteiger partial charge in [0.05, 0.1) is 23.8 Å². The van der Waals surface area contributed by atoms with Crippen molar-refractivity contribution in [1.29, 1.82) is 0 Å². The van der Waals surface area contributed by atoms with Gasteiger partial charge in [0.15, 0.2) is 5.65 Å². The van der Waals surface area contributed by atoms with Crippen molar-refractivity contribution in [1.82, 2.24) is 34.4 Å². The Balaban J connectivity index is 1.44. The van der Waals surface area contributed by atoms with Gasteiger partial charge in [-0.25, -0.2) is 18.9 Å². The van der Waals surface area contributed by atoms with E-state index in [1.54, 1.807) is 45.9 Å². The van der Waals surface area contributed by atoms with Gasteiger partial charge in [0.25, 0.3) is 11.8 Å². The summed E-state index contributed by atoms with van der Waals surface area (Å²) in [5.74, 6) is -0.475. The molecule has 4 heterocycles. The Labute approximate surface area is 227 Å². The molecule has 0 radical (unpaired) electrons. The van der Waals surface area contributed by atoms with E-state index in [0.29, 0.717) is 54.3 Å². The number of amides is 2. The zero-order valence-corrected chi connectivity index (χ0v) is 23.2. The third kappa shape index (κ3) is 4.79. The first-order valence-electron chi connectivity index (χ1n) is 13.3. The summed E-state index contributed by atoms with van der Waals surface area (Å²) in [6, 6.07) is 6.88. The zero-order chi connectivity index (χ0) is 28.1. The SMILES string of the molecule is CCc1[nH]cnc1C(=O)N1CCN(C(=O)c2cn3nc(-c4ccc(F)c(C)c4)cc(C(C)C)c3n2)C(C)(C)C1. The van der Waals surface area contributed by atoms with Crippen molar-refractivity contribution < 1.29 is 14.0 Å². The largest absolute Gasteiger partial charge is 0.348 e. The molecule has 0 atom stereocenters. The van der Waals surface area contributed by atoms with E-state index in [-0.39, 0.29) is 23.5 Å². The molecule has 204 valence electrons. The molecule has 1 N–H and O–H groups in total. The molecule has 3 aromatic heterocycles. The molecule has 1 aliphatic rings. The molecule has 0 bridgehead atoms. The molecule has 1 fully saturated rings. The first kappa shape index (κ1) is 26.5. The third-order valence-electron chi connectivity index (χ3n) is 7.46. The molecule has 10 heteroatoms. The number of hydrogen-bond acceptors (Lipinski definition) is 5. The second-order valence-corrected chi connectivity index (χ2v) is 11.1. The number of aryl methyl sites for hydroxylation is 2. The fourth-order valence-corrected chi connectivity index (χ4v) is 5.24. The number of H-pyrrole nitrogens is 1. The molecular weight excluding hydrogens is 497 g/mol. The van der Waals surface area contributed by atoms with Gasteiger partial charge in [0.1, 0.15) is 17.2 Å². The zero-order valence-electron chi connectivity index (χ0n) is 23.2. The van der Waals surface area contributed by atoms with Gasteiger partial charge < -0.3 is 14.8 Å². The number of hydrogen-bond donors (Lipinski definition) is 1.